The van der Waals surface area contributed by atoms with Crippen LogP contribution in [0, 0.1) is 0 Å². The molecule has 14 nitrogen and oxygen atoms in total. The van der Waals surface area contributed by atoms with Gasteiger partial charge in [0.25, 0.3) is 0 Å². The Hall–Kier alpha value is -0.560. The largest absolute Gasteiger partial charge is 0.394 e. The molecule has 3 aliphatic rings. The predicted molar refractivity (Wildman–Crippen MR) is 90.8 cm³/mol. The van der Waals surface area contributed by atoms with Crippen LogP contribution >= 0.6 is 0 Å². The van der Waals surface area contributed by atoms with E-state index in [1.807, 2.05) is 5.48 Å². The van der Waals surface area contributed by atoms with Crippen LogP contribution in [-0.4, -0.2) is 141 Å². The third-order valence-electron chi connectivity index (χ3n) is 5.40. The van der Waals surface area contributed by atoms with Crippen molar-refractivity contribution in [1.82, 2.24) is 5.48 Å². The van der Waals surface area contributed by atoms with Gasteiger partial charge >= 0.3 is 0 Å². The molecule has 0 aromatic heterocycles. The summed E-state index contributed by atoms with van der Waals surface area (Å²) in [5, 5.41) is 78.6. The van der Waals surface area contributed by atoms with Gasteiger partial charge in [-0.25, -0.2) is 5.48 Å². The lowest BCUT2D eigenvalue weighted by molar-refractivity contribution is -0.331. The third kappa shape index (κ3) is 4.92. The summed E-state index contributed by atoms with van der Waals surface area (Å²) in [5.74, 6) is 0. The van der Waals surface area contributed by atoms with E-state index in [0.717, 1.165) is 0 Å². The molecule has 3 saturated heterocycles. The van der Waals surface area contributed by atoms with Gasteiger partial charge in [-0.15, -0.1) is 0 Å². The maximum atomic E-state index is 10.5. The van der Waals surface area contributed by atoms with E-state index in [-0.39, 0.29) is 19.8 Å². The van der Waals surface area contributed by atoms with Crippen molar-refractivity contribution < 1.29 is 64.6 Å². The van der Waals surface area contributed by atoms with E-state index in [1.165, 1.54) is 0 Å². The lowest BCUT2D eigenvalue weighted by atomic mass is 9.99. The minimum absolute atomic E-state index is 0.125. The van der Waals surface area contributed by atoms with Crippen molar-refractivity contribution in [2.75, 3.05) is 26.4 Å². The molecule has 3 fully saturated rings. The molecule has 14 heteroatoms. The van der Waals surface area contributed by atoms with Gasteiger partial charge in [-0.3, -0.25) is 0 Å². The van der Waals surface area contributed by atoms with Crippen LogP contribution in [0.3, 0.4) is 0 Å². The molecule has 0 bridgehead atoms. The van der Waals surface area contributed by atoms with Gasteiger partial charge in [-0.2, -0.15) is 0 Å². The van der Waals surface area contributed by atoms with Crippen molar-refractivity contribution in [3.63, 3.8) is 0 Å². The Bertz CT molecular complexity index is 543. The average molecular weight is 443 g/mol. The third-order valence-corrected chi connectivity index (χ3v) is 5.40. The summed E-state index contributed by atoms with van der Waals surface area (Å²) in [6.45, 7) is -1.21. The molecular weight excluding hydrogens is 414 g/mol. The second-order valence-corrected chi connectivity index (χ2v) is 7.46. The van der Waals surface area contributed by atoms with Gasteiger partial charge in [-0.05, 0) is 0 Å². The summed E-state index contributed by atoms with van der Waals surface area (Å²) in [4.78, 5) is 0. The fourth-order valence-corrected chi connectivity index (χ4v) is 3.61. The van der Waals surface area contributed by atoms with E-state index >= 15 is 0 Å². The smallest absolute Gasteiger partial charge is 0.187 e. The summed E-state index contributed by atoms with van der Waals surface area (Å²) < 4.78 is 26.7. The maximum Gasteiger partial charge on any atom is 0.187 e. The van der Waals surface area contributed by atoms with Crippen LogP contribution in [0.15, 0.2) is 0 Å². The molecule has 0 aromatic rings. The number of aliphatic hydroxyl groups excluding tert-OH is 7. The van der Waals surface area contributed by atoms with Gasteiger partial charge in [0.2, 0.25) is 0 Å². The van der Waals surface area contributed by atoms with E-state index in [4.69, 9.17) is 34.0 Å². The standard InChI is InChI=1S/C16H29NO13/c18-2-7-10(21)12(23)16(28-7)30-14-5(19)3-27-15(13(14)24)29-8-4-26-6(1-17-25)9(20)11(8)22/h5-25H,1-4H2/t5-,6+,7+,8-,9?,10?,11?,12?,13?,14?,15+,16+/m1/s1. The molecule has 3 heterocycles. The first-order valence-electron chi connectivity index (χ1n) is 9.54. The molecule has 3 rings (SSSR count). The summed E-state index contributed by atoms with van der Waals surface area (Å²) in [6, 6.07) is 0. The minimum atomic E-state index is -1.60. The molecule has 0 aliphatic carbocycles. The first-order chi connectivity index (χ1) is 14.3. The highest BCUT2D eigenvalue weighted by Crippen LogP contribution is 2.29. The fraction of sp³-hybridized carbons (Fsp3) is 1.00. The number of hydroxylamine groups is 1. The Morgan fingerprint density at radius 1 is 0.767 bits per heavy atom. The number of hydrogen-bond acceptors (Lipinski definition) is 14. The molecule has 9 N–H and O–H groups in total. The van der Waals surface area contributed by atoms with Crippen molar-refractivity contribution in [1.29, 1.82) is 0 Å². The van der Waals surface area contributed by atoms with E-state index < -0.39 is 80.2 Å². The Kier molecular flexibility index (Phi) is 8.33. The molecule has 6 unspecified atom stereocenters. The highest BCUT2D eigenvalue weighted by atomic mass is 16.7. The number of nitrogens with one attached hydrogen (secondary N) is 1. The second kappa shape index (κ2) is 10.4. The number of ether oxygens (including phenoxy) is 5. The lowest BCUT2D eigenvalue weighted by Crippen LogP contribution is -2.61. The van der Waals surface area contributed by atoms with Crippen LogP contribution < -0.4 is 5.48 Å². The summed E-state index contributed by atoms with van der Waals surface area (Å²) in [5.41, 5.74) is 1.84. The molecule has 0 amide bonds. The zero-order valence-corrected chi connectivity index (χ0v) is 15.9. The van der Waals surface area contributed by atoms with Crippen molar-refractivity contribution in [3.8, 4) is 0 Å². The highest BCUT2D eigenvalue weighted by Gasteiger charge is 2.49. The fourth-order valence-electron chi connectivity index (χ4n) is 3.61. The first-order valence-corrected chi connectivity index (χ1v) is 9.54. The Morgan fingerprint density at radius 2 is 1.47 bits per heavy atom. The molecule has 0 radical (unpaired) electrons. The molecule has 3 aliphatic heterocycles. The van der Waals surface area contributed by atoms with E-state index in [2.05, 4.69) is 0 Å². The van der Waals surface area contributed by atoms with Crippen LogP contribution in [0.25, 0.3) is 0 Å². The first kappa shape index (κ1) is 24.1. The number of aliphatic hydroxyl groups is 7. The number of rotatable bonds is 7. The van der Waals surface area contributed by atoms with Gasteiger partial charge in [0, 0.05) is 6.54 Å². The molecular formula is C16H29NO13. The van der Waals surface area contributed by atoms with E-state index in [0.29, 0.717) is 0 Å². The zero-order chi connectivity index (χ0) is 22.0. The molecule has 176 valence electrons. The summed E-state index contributed by atoms with van der Waals surface area (Å²) in [7, 11) is 0. The Morgan fingerprint density at radius 3 is 2.10 bits per heavy atom. The van der Waals surface area contributed by atoms with E-state index in [9.17, 15) is 30.6 Å². The topological polar surface area (TPSA) is 220 Å². The van der Waals surface area contributed by atoms with Gasteiger partial charge in [0.05, 0.1) is 19.8 Å². The SMILES string of the molecule is OC[C@@H]1O[C@@H](OC2C(O)[C@H](O[C@@H]3CO[C@@H](CNO)C(O)C3O)OC[C@H]2O)C(O)C1O. The predicted octanol–water partition coefficient (Wildman–Crippen LogP) is -5.63. The molecule has 0 aromatic carbocycles. The van der Waals surface area contributed by atoms with Gasteiger partial charge in [0.15, 0.2) is 12.6 Å². The maximum absolute atomic E-state index is 10.5. The normalized spacial score (nSPS) is 50.0. The van der Waals surface area contributed by atoms with Crippen LogP contribution in [0.2, 0.25) is 0 Å². The van der Waals surface area contributed by atoms with Crippen LogP contribution in [0.4, 0.5) is 0 Å². The summed E-state index contributed by atoms with van der Waals surface area (Å²) in [6.07, 6.45) is -15.9. The van der Waals surface area contributed by atoms with Crippen molar-refractivity contribution in [3.05, 3.63) is 0 Å². The minimum Gasteiger partial charge on any atom is -0.394 e. The van der Waals surface area contributed by atoms with Crippen LogP contribution in [0.5, 0.6) is 0 Å². The van der Waals surface area contributed by atoms with Crippen LogP contribution in [0.1, 0.15) is 0 Å². The molecule has 30 heavy (non-hydrogen) atoms. The lowest BCUT2D eigenvalue weighted by Gasteiger charge is -2.43. The van der Waals surface area contributed by atoms with Crippen molar-refractivity contribution in [2.24, 2.45) is 0 Å². The van der Waals surface area contributed by atoms with Gasteiger partial charge in [0.1, 0.15) is 61.0 Å². The molecule has 0 spiro atoms. The Balaban J connectivity index is 1.60. The average Bonchev–Trinajstić information content (AvgIpc) is 3.00. The molecule has 0 saturated carbocycles. The van der Waals surface area contributed by atoms with E-state index in [1.54, 1.807) is 0 Å². The van der Waals surface area contributed by atoms with Crippen LogP contribution in [-0.2, 0) is 23.7 Å². The van der Waals surface area contributed by atoms with Crippen molar-refractivity contribution in [2.45, 2.75) is 73.6 Å². The second-order valence-electron chi connectivity index (χ2n) is 7.46. The quantitative estimate of drug-likeness (QED) is 0.168. The van der Waals surface area contributed by atoms with Gasteiger partial charge in [-0.1, -0.05) is 0 Å². The van der Waals surface area contributed by atoms with Crippen molar-refractivity contribution >= 4 is 0 Å². The highest BCUT2D eigenvalue weighted by molar-refractivity contribution is 4.92. The molecule has 12 atom stereocenters. The Labute approximate surface area is 171 Å². The van der Waals surface area contributed by atoms with Gasteiger partial charge < -0.3 is 64.6 Å². The monoisotopic (exact) mass is 443 g/mol. The summed E-state index contributed by atoms with van der Waals surface area (Å²) >= 11 is 0. The number of hydrogen-bond donors (Lipinski definition) is 9. The zero-order valence-electron chi connectivity index (χ0n) is 15.9.